The zero-order chi connectivity index (χ0) is 12.3. The first kappa shape index (κ1) is 12.5. The number of primary amides is 1. The van der Waals surface area contributed by atoms with Crippen LogP contribution in [0.4, 0.5) is 10.5 Å². The van der Waals surface area contributed by atoms with E-state index in [2.05, 4.69) is 0 Å². The van der Waals surface area contributed by atoms with E-state index in [0.29, 0.717) is 6.42 Å². The summed E-state index contributed by atoms with van der Waals surface area (Å²) in [4.78, 5) is 12.6. The predicted octanol–water partition coefficient (Wildman–Crippen LogP) is 1.48. The fourth-order valence-corrected chi connectivity index (χ4v) is 1.60. The topological polar surface area (TPSA) is 72.3 Å². The molecular weight excluding hydrogens is 202 g/mol. The highest BCUT2D eigenvalue weighted by molar-refractivity contribution is 5.90. The van der Waals surface area contributed by atoms with Crippen LogP contribution in [-0.2, 0) is 6.42 Å². The summed E-state index contributed by atoms with van der Waals surface area (Å²) in [6.45, 7) is 3.90. The van der Waals surface area contributed by atoms with Crippen LogP contribution in [0.25, 0.3) is 0 Å². The molecule has 2 amide bonds. The third-order valence-electron chi connectivity index (χ3n) is 2.33. The Labute approximate surface area is 96.2 Å². The lowest BCUT2D eigenvalue weighted by Crippen LogP contribution is -2.36. The van der Waals surface area contributed by atoms with Crippen LogP contribution in [-0.4, -0.2) is 18.6 Å². The second-order valence-electron chi connectivity index (χ2n) is 4.69. The van der Waals surface area contributed by atoms with Crippen molar-refractivity contribution in [3.8, 4) is 0 Å². The van der Waals surface area contributed by atoms with E-state index in [1.54, 1.807) is 7.05 Å². The number of amides is 2. The van der Waals surface area contributed by atoms with Crippen molar-refractivity contribution in [3.05, 3.63) is 29.8 Å². The molecule has 0 aromatic heterocycles. The number of benzene rings is 1. The lowest BCUT2D eigenvalue weighted by atomic mass is 9.95. The maximum absolute atomic E-state index is 11.1. The van der Waals surface area contributed by atoms with Gasteiger partial charge >= 0.3 is 6.03 Å². The average molecular weight is 221 g/mol. The largest absolute Gasteiger partial charge is 0.351 e. The Kier molecular flexibility index (Phi) is 3.55. The van der Waals surface area contributed by atoms with Gasteiger partial charge in [0, 0.05) is 18.3 Å². The molecule has 0 bridgehead atoms. The molecule has 88 valence electrons. The van der Waals surface area contributed by atoms with Crippen LogP contribution in [0.3, 0.4) is 0 Å². The van der Waals surface area contributed by atoms with E-state index in [1.165, 1.54) is 4.90 Å². The Hall–Kier alpha value is -1.55. The Balaban J connectivity index is 3.05. The molecule has 1 aromatic rings. The van der Waals surface area contributed by atoms with Gasteiger partial charge in [-0.25, -0.2) is 4.79 Å². The Morgan fingerprint density at radius 1 is 1.38 bits per heavy atom. The molecular formula is C12H19N3O. The van der Waals surface area contributed by atoms with Gasteiger partial charge in [-0.1, -0.05) is 18.2 Å². The van der Waals surface area contributed by atoms with Gasteiger partial charge in [-0.15, -0.1) is 0 Å². The number of nitrogens with two attached hydrogens (primary N) is 2. The maximum atomic E-state index is 11.1. The molecule has 0 saturated carbocycles. The zero-order valence-electron chi connectivity index (χ0n) is 10.0. The quantitative estimate of drug-likeness (QED) is 0.811. The van der Waals surface area contributed by atoms with E-state index in [0.717, 1.165) is 11.3 Å². The molecule has 4 heteroatoms. The van der Waals surface area contributed by atoms with Crippen molar-refractivity contribution in [2.75, 3.05) is 11.9 Å². The Bertz CT molecular complexity index is 382. The summed E-state index contributed by atoms with van der Waals surface area (Å²) in [5.74, 6) is 0. The molecule has 1 rings (SSSR count). The van der Waals surface area contributed by atoms with Crippen molar-refractivity contribution in [2.45, 2.75) is 25.8 Å². The van der Waals surface area contributed by atoms with E-state index in [9.17, 15) is 4.79 Å². The smallest absolute Gasteiger partial charge is 0.319 e. The molecule has 0 radical (unpaired) electrons. The first-order valence-electron chi connectivity index (χ1n) is 5.21. The molecule has 0 fully saturated rings. The van der Waals surface area contributed by atoms with Crippen LogP contribution < -0.4 is 16.4 Å². The lowest BCUT2D eigenvalue weighted by molar-refractivity contribution is 0.255. The molecule has 0 aliphatic carbocycles. The second-order valence-corrected chi connectivity index (χ2v) is 4.69. The van der Waals surface area contributed by atoms with E-state index >= 15 is 0 Å². The molecule has 0 spiro atoms. The van der Waals surface area contributed by atoms with Gasteiger partial charge in [0.25, 0.3) is 0 Å². The minimum Gasteiger partial charge on any atom is -0.351 e. The molecule has 0 saturated heterocycles. The SMILES string of the molecule is CN(C(N)=O)c1ccccc1CC(C)(C)N. The van der Waals surface area contributed by atoms with Crippen molar-refractivity contribution in [2.24, 2.45) is 11.5 Å². The van der Waals surface area contributed by atoms with Crippen molar-refractivity contribution in [1.82, 2.24) is 0 Å². The Morgan fingerprint density at radius 3 is 2.44 bits per heavy atom. The molecule has 0 heterocycles. The summed E-state index contributed by atoms with van der Waals surface area (Å²) < 4.78 is 0. The first-order chi connectivity index (χ1) is 7.31. The number of urea groups is 1. The van der Waals surface area contributed by atoms with Crippen LogP contribution in [0, 0.1) is 0 Å². The van der Waals surface area contributed by atoms with Crippen LogP contribution in [0.2, 0.25) is 0 Å². The van der Waals surface area contributed by atoms with Crippen LogP contribution >= 0.6 is 0 Å². The summed E-state index contributed by atoms with van der Waals surface area (Å²) in [5, 5.41) is 0. The maximum Gasteiger partial charge on any atom is 0.319 e. The van der Waals surface area contributed by atoms with Gasteiger partial charge in [0.15, 0.2) is 0 Å². The van der Waals surface area contributed by atoms with Crippen LogP contribution in [0.5, 0.6) is 0 Å². The normalized spacial score (nSPS) is 11.2. The van der Waals surface area contributed by atoms with Crippen molar-refractivity contribution < 1.29 is 4.79 Å². The number of hydrogen-bond donors (Lipinski definition) is 2. The second kappa shape index (κ2) is 4.53. The van der Waals surface area contributed by atoms with Gasteiger partial charge in [-0.2, -0.15) is 0 Å². The van der Waals surface area contributed by atoms with Crippen molar-refractivity contribution >= 4 is 11.7 Å². The highest BCUT2D eigenvalue weighted by Gasteiger charge is 2.17. The van der Waals surface area contributed by atoms with Crippen molar-refractivity contribution in [3.63, 3.8) is 0 Å². The summed E-state index contributed by atoms with van der Waals surface area (Å²) >= 11 is 0. The molecule has 0 unspecified atom stereocenters. The zero-order valence-corrected chi connectivity index (χ0v) is 10.0. The fourth-order valence-electron chi connectivity index (χ4n) is 1.60. The highest BCUT2D eigenvalue weighted by Crippen LogP contribution is 2.22. The van der Waals surface area contributed by atoms with Gasteiger partial charge in [-0.3, -0.25) is 4.90 Å². The Morgan fingerprint density at radius 2 is 1.94 bits per heavy atom. The standard InChI is InChI=1S/C12H19N3O/c1-12(2,14)8-9-6-4-5-7-10(9)15(3)11(13)16/h4-7H,8,14H2,1-3H3,(H2,13,16). The summed E-state index contributed by atoms with van der Waals surface area (Å²) in [6, 6.07) is 7.17. The minimum absolute atomic E-state index is 0.311. The average Bonchev–Trinajstić information content (AvgIpc) is 2.15. The number of para-hydroxylation sites is 1. The van der Waals surface area contributed by atoms with E-state index in [1.807, 2.05) is 38.1 Å². The molecule has 0 aliphatic heterocycles. The van der Waals surface area contributed by atoms with Gasteiger partial charge < -0.3 is 11.5 Å². The van der Waals surface area contributed by atoms with Gasteiger partial charge in [0.2, 0.25) is 0 Å². The van der Waals surface area contributed by atoms with Gasteiger partial charge in [-0.05, 0) is 31.9 Å². The van der Waals surface area contributed by atoms with Crippen molar-refractivity contribution in [1.29, 1.82) is 0 Å². The third kappa shape index (κ3) is 3.24. The third-order valence-corrected chi connectivity index (χ3v) is 2.33. The summed E-state index contributed by atoms with van der Waals surface area (Å²) in [5.41, 5.74) is 12.8. The molecule has 0 aliphatic rings. The van der Waals surface area contributed by atoms with Gasteiger partial charge in [0.1, 0.15) is 0 Å². The van der Waals surface area contributed by atoms with E-state index < -0.39 is 6.03 Å². The fraction of sp³-hybridized carbons (Fsp3) is 0.417. The number of hydrogen-bond acceptors (Lipinski definition) is 2. The molecule has 4 N–H and O–H groups in total. The molecule has 4 nitrogen and oxygen atoms in total. The molecule has 0 atom stereocenters. The molecule has 1 aromatic carbocycles. The number of anilines is 1. The summed E-state index contributed by atoms with van der Waals surface area (Å²) in [7, 11) is 1.66. The van der Waals surface area contributed by atoms with Crippen LogP contribution in [0.1, 0.15) is 19.4 Å². The van der Waals surface area contributed by atoms with Gasteiger partial charge in [0.05, 0.1) is 0 Å². The number of carbonyl (C=O) groups is 1. The van der Waals surface area contributed by atoms with E-state index in [-0.39, 0.29) is 5.54 Å². The minimum atomic E-state index is -0.470. The lowest BCUT2D eigenvalue weighted by Gasteiger charge is -2.23. The van der Waals surface area contributed by atoms with E-state index in [4.69, 9.17) is 11.5 Å². The summed E-state index contributed by atoms with van der Waals surface area (Å²) in [6.07, 6.45) is 0.695. The highest BCUT2D eigenvalue weighted by atomic mass is 16.2. The molecule has 16 heavy (non-hydrogen) atoms. The predicted molar refractivity (Wildman–Crippen MR) is 66.4 cm³/mol. The first-order valence-corrected chi connectivity index (χ1v) is 5.21. The number of carbonyl (C=O) groups excluding carboxylic acids is 1. The number of nitrogens with zero attached hydrogens (tertiary/aromatic N) is 1. The van der Waals surface area contributed by atoms with Crippen LogP contribution in [0.15, 0.2) is 24.3 Å². The monoisotopic (exact) mass is 221 g/mol. The number of rotatable bonds is 3.